The molecule has 138 valence electrons. The quantitative estimate of drug-likeness (QED) is 0.656. The standard InChI is InChI=1S/C16H17N3O5S2/c1-23-13-5-3-4-12(14(13)24-2)15(20)19-16(25)18-10-6-8-11(9-7-10)26(17,21)22/h3-9H,1-2H3,(H2,17,21,22)(H2,18,19,20,25). The number of nitrogens with one attached hydrogen (secondary N) is 2. The first-order chi connectivity index (χ1) is 12.3. The van der Waals surface area contributed by atoms with Crippen molar-refractivity contribution in [2.24, 2.45) is 5.14 Å². The van der Waals surface area contributed by atoms with Crippen molar-refractivity contribution in [2.45, 2.75) is 4.90 Å². The fourth-order valence-corrected chi connectivity index (χ4v) is 2.85. The molecule has 0 saturated carbocycles. The number of rotatable bonds is 5. The summed E-state index contributed by atoms with van der Waals surface area (Å²) in [5.74, 6) is 0.213. The number of anilines is 1. The number of amides is 1. The third-order valence-electron chi connectivity index (χ3n) is 3.32. The summed E-state index contributed by atoms with van der Waals surface area (Å²) in [5, 5.41) is 10.4. The lowest BCUT2D eigenvalue weighted by atomic mass is 10.1. The van der Waals surface area contributed by atoms with Gasteiger partial charge in [0.05, 0.1) is 24.7 Å². The van der Waals surface area contributed by atoms with Gasteiger partial charge in [0.15, 0.2) is 16.6 Å². The van der Waals surface area contributed by atoms with Crippen LogP contribution in [0.15, 0.2) is 47.4 Å². The van der Waals surface area contributed by atoms with E-state index in [1.54, 1.807) is 18.2 Å². The van der Waals surface area contributed by atoms with Gasteiger partial charge in [0.2, 0.25) is 10.0 Å². The Balaban J connectivity index is 2.10. The highest BCUT2D eigenvalue weighted by Crippen LogP contribution is 2.30. The van der Waals surface area contributed by atoms with Gasteiger partial charge >= 0.3 is 0 Å². The van der Waals surface area contributed by atoms with E-state index in [1.807, 2.05) is 0 Å². The Labute approximate surface area is 156 Å². The molecule has 0 atom stereocenters. The highest BCUT2D eigenvalue weighted by atomic mass is 32.2. The summed E-state index contributed by atoms with van der Waals surface area (Å²) in [6, 6.07) is 10.5. The number of sulfonamides is 1. The Morgan fingerprint density at radius 3 is 2.27 bits per heavy atom. The predicted octanol–water partition coefficient (Wildman–Crippen LogP) is 1.48. The smallest absolute Gasteiger partial charge is 0.261 e. The summed E-state index contributed by atoms with van der Waals surface area (Å²) < 4.78 is 32.8. The van der Waals surface area contributed by atoms with Crippen molar-refractivity contribution < 1.29 is 22.7 Å². The number of nitrogens with two attached hydrogens (primary N) is 1. The predicted molar refractivity (Wildman–Crippen MR) is 101 cm³/mol. The van der Waals surface area contributed by atoms with Crippen molar-refractivity contribution in [1.29, 1.82) is 0 Å². The second-order valence-corrected chi connectivity index (χ2v) is 6.99. The Kier molecular flexibility index (Phi) is 6.14. The average molecular weight is 395 g/mol. The molecule has 2 aromatic rings. The Hall–Kier alpha value is -2.69. The van der Waals surface area contributed by atoms with Crippen molar-refractivity contribution in [1.82, 2.24) is 5.32 Å². The lowest BCUT2D eigenvalue weighted by Gasteiger charge is -2.13. The maximum absolute atomic E-state index is 12.4. The van der Waals surface area contributed by atoms with E-state index in [0.29, 0.717) is 11.4 Å². The number of carbonyl (C=O) groups is 1. The summed E-state index contributed by atoms with van der Waals surface area (Å²) in [6.45, 7) is 0. The van der Waals surface area contributed by atoms with Crippen molar-refractivity contribution >= 4 is 38.9 Å². The molecule has 0 radical (unpaired) electrons. The first-order valence-electron chi connectivity index (χ1n) is 7.22. The van der Waals surface area contributed by atoms with Crippen LogP contribution in [0.3, 0.4) is 0 Å². The topological polar surface area (TPSA) is 120 Å². The fraction of sp³-hybridized carbons (Fsp3) is 0.125. The van der Waals surface area contributed by atoms with Crippen LogP contribution >= 0.6 is 12.2 Å². The molecule has 0 saturated heterocycles. The maximum atomic E-state index is 12.4. The van der Waals surface area contributed by atoms with Crippen LogP contribution in [0.2, 0.25) is 0 Å². The molecule has 0 unspecified atom stereocenters. The van der Waals surface area contributed by atoms with Crippen molar-refractivity contribution in [3.63, 3.8) is 0 Å². The molecule has 8 nitrogen and oxygen atoms in total. The minimum Gasteiger partial charge on any atom is -0.493 e. The summed E-state index contributed by atoms with van der Waals surface area (Å²) in [4.78, 5) is 12.4. The van der Waals surface area contributed by atoms with E-state index < -0.39 is 15.9 Å². The molecular weight excluding hydrogens is 378 g/mol. The normalized spacial score (nSPS) is 10.7. The van der Waals surface area contributed by atoms with Crippen LogP contribution in [-0.2, 0) is 10.0 Å². The number of carbonyl (C=O) groups excluding carboxylic acids is 1. The van der Waals surface area contributed by atoms with Crippen LogP contribution in [0.25, 0.3) is 0 Å². The molecular formula is C16H17N3O5S2. The minimum atomic E-state index is -3.77. The number of hydrogen-bond donors (Lipinski definition) is 3. The van der Waals surface area contributed by atoms with Crippen LogP contribution in [-0.4, -0.2) is 33.7 Å². The molecule has 0 spiro atoms. The fourth-order valence-electron chi connectivity index (χ4n) is 2.13. The lowest BCUT2D eigenvalue weighted by molar-refractivity contribution is 0.0974. The van der Waals surface area contributed by atoms with Crippen molar-refractivity contribution in [3.8, 4) is 11.5 Å². The first kappa shape index (κ1) is 19.6. The van der Waals surface area contributed by atoms with Crippen LogP contribution < -0.4 is 25.2 Å². The van der Waals surface area contributed by atoms with E-state index in [0.717, 1.165) is 0 Å². The Bertz CT molecular complexity index is 927. The molecule has 4 N–H and O–H groups in total. The van der Waals surface area contributed by atoms with Gasteiger partial charge in [-0.1, -0.05) is 6.07 Å². The van der Waals surface area contributed by atoms with E-state index >= 15 is 0 Å². The molecule has 0 aliphatic heterocycles. The van der Waals surface area contributed by atoms with Crippen LogP contribution in [0.5, 0.6) is 11.5 Å². The van der Waals surface area contributed by atoms with Gasteiger partial charge in [-0.3, -0.25) is 10.1 Å². The first-order valence-corrected chi connectivity index (χ1v) is 9.18. The number of para-hydroxylation sites is 1. The molecule has 10 heteroatoms. The molecule has 26 heavy (non-hydrogen) atoms. The number of hydrogen-bond acceptors (Lipinski definition) is 6. The minimum absolute atomic E-state index is 0.0286. The molecule has 0 heterocycles. The number of ether oxygens (including phenoxy) is 2. The third kappa shape index (κ3) is 4.69. The second kappa shape index (κ2) is 8.13. The van der Waals surface area contributed by atoms with Gasteiger partial charge in [-0.25, -0.2) is 13.6 Å². The van der Waals surface area contributed by atoms with Gasteiger partial charge in [0.25, 0.3) is 5.91 Å². The Morgan fingerprint density at radius 2 is 1.73 bits per heavy atom. The van der Waals surface area contributed by atoms with Gasteiger partial charge in [0.1, 0.15) is 0 Å². The molecule has 0 aliphatic carbocycles. The molecule has 0 aliphatic rings. The van der Waals surface area contributed by atoms with Gasteiger partial charge < -0.3 is 14.8 Å². The van der Waals surface area contributed by atoms with Gasteiger partial charge in [0, 0.05) is 5.69 Å². The number of primary sulfonamides is 1. The summed E-state index contributed by atoms with van der Waals surface area (Å²) in [6.07, 6.45) is 0. The van der Waals surface area contributed by atoms with Crippen LogP contribution in [0, 0.1) is 0 Å². The number of methoxy groups -OCH3 is 2. The molecule has 1 amide bonds. The van der Waals surface area contributed by atoms with E-state index in [-0.39, 0.29) is 21.3 Å². The lowest BCUT2D eigenvalue weighted by Crippen LogP contribution is -2.34. The largest absolute Gasteiger partial charge is 0.493 e. The summed E-state index contributed by atoms with van der Waals surface area (Å²) >= 11 is 5.10. The Morgan fingerprint density at radius 1 is 1.08 bits per heavy atom. The zero-order valence-corrected chi connectivity index (χ0v) is 15.6. The van der Waals surface area contributed by atoms with E-state index in [2.05, 4.69) is 10.6 Å². The number of thiocarbonyl (C=S) groups is 1. The highest BCUT2D eigenvalue weighted by Gasteiger charge is 2.17. The highest BCUT2D eigenvalue weighted by molar-refractivity contribution is 7.89. The van der Waals surface area contributed by atoms with Crippen molar-refractivity contribution in [2.75, 3.05) is 19.5 Å². The third-order valence-corrected chi connectivity index (χ3v) is 4.45. The van der Waals surface area contributed by atoms with Crippen LogP contribution in [0.1, 0.15) is 10.4 Å². The van der Waals surface area contributed by atoms with E-state index in [1.165, 1.54) is 38.5 Å². The molecule has 2 rings (SSSR count). The number of benzene rings is 2. The summed E-state index contributed by atoms with van der Waals surface area (Å²) in [7, 11) is -0.876. The van der Waals surface area contributed by atoms with Gasteiger partial charge in [-0.2, -0.15) is 0 Å². The maximum Gasteiger partial charge on any atom is 0.261 e. The average Bonchev–Trinajstić information content (AvgIpc) is 2.60. The molecule has 2 aromatic carbocycles. The monoisotopic (exact) mass is 395 g/mol. The van der Waals surface area contributed by atoms with Gasteiger partial charge in [-0.05, 0) is 48.6 Å². The van der Waals surface area contributed by atoms with E-state index in [4.69, 9.17) is 26.8 Å². The van der Waals surface area contributed by atoms with Crippen molar-refractivity contribution in [3.05, 3.63) is 48.0 Å². The van der Waals surface area contributed by atoms with E-state index in [9.17, 15) is 13.2 Å². The zero-order chi connectivity index (χ0) is 19.3. The molecule has 0 aromatic heterocycles. The SMILES string of the molecule is COc1cccc(C(=O)NC(=S)Nc2ccc(S(N)(=O)=O)cc2)c1OC. The molecule has 0 bridgehead atoms. The zero-order valence-electron chi connectivity index (χ0n) is 14.0. The second-order valence-electron chi connectivity index (χ2n) is 5.02. The summed E-state index contributed by atoms with van der Waals surface area (Å²) in [5.41, 5.74) is 0.737. The van der Waals surface area contributed by atoms with Gasteiger partial charge in [-0.15, -0.1) is 0 Å². The molecule has 0 fully saturated rings. The van der Waals surface area contributed by atoms with Crippen LogP contribution in [0.4, 0.5) is 5.69 Å².